The van der Waals surface area contributed by atoms with E-state index in [0.717, 1.165) is 22.3 Å². The van der Waals surface area contributed by atoms with Gasteiger partial charge >= 0.3 is 0 Å². The van der Waals surface area contributed by atoms with Crippen LogP contribution in [0.1, 0.15) is 23.7 Å². The number of aromatic nitrogens is 6. The smallest absolute Gasteiger partial charge is 0.249 e. The average Bonchev–Trinajstić information content (AvgIpc) is 3.27. The minimum absolute atomic E-state index is 0.231. The molecule has 29 heavy (non-hydrogen) atoms. The standard InChI is InChI=1S/C21H21N7O/c1-5-7-19(29)25-18-10-14(3)26-28(18)21-16-11-24-27(20(16)22-12-23-21)17-9-6-8-13(2)15(17)4/h5-12H,1-4H3,(H,25,29)/b7-5+. The highest BCUT2D eigenvalue weighted by Gasteiger charge is 2.18. The van der Waals surface area contributed by atoms with Gasteiger partial charge < -0.3 is 5.32 Å². The van der Waals surface area contributed by atoms with Crippen LogP contribution in [0.2, 0.25) is 0 Å². The lowest BCUT2D eigenvalue weighted by Crippen LogP contribution is -2.13. The van der Waals surface area contributed by atoms with Crippen LogP contribution >= 0.6 is 0 Å². The third kappa shape index (κ3) is 3.29. The summed E-state index contributed by atoms with van der Waals surface area (Å²) >= 11 is 0. The van der Waals surface area contributed by atoms with Gasteiger partial charge in [-0.15, -0.1) is 0 Å². The van der Waals surface area contributed by atoms with Crippen molar-refractivity contribution in [1.29, 1.82) is 0 Å². The average molecular weight is 387 g/mol. The Balaban J connectivity index is 1.87. The van der Waals surface area contributed by atoms with Crippen LogP contribution in [0, 0.1) is 20.8 Å². The second-order valence-electron chi connectivity index (χ2n) is 6.78. The summed E-state index contributed by atoms with van der Waals surface area (Å²) in [5.74, 6) is 0.852. The maximum atomic E-state index is 12.0. The summed E-state index contributed by atoms with van der Waals surface area (Å²) in [6, 6.07) is 7.87. The van der Waals surface area contributed by atoms with Gasteiger partial charge in [-0.3, -0.25) is 4.79 Å². The molecule has 0 aliphatic heterocycles. The number of nitrogens with one attached hydrogen (secondary N) is 1. The second kappa shape index (κ2) is 7.31. The van der Waals surface area contributed by atoms with Gasteiger partial charge in [0.2, 0.25) is 5.91 Å². The van der Waals surface area contributed by atoms with E-state index in [0.29, 0.717) is 17.3 Å². The number of rotatable bonds is 4. The number of allylic oxidation sites excluding steroid dienone is 1. The van der Waals surface area contributed by atoms with Crippen LogP contribution in [0.25, 0.3) is 22.5 Å². The van der Waals surface area contributed by atoms with Gasteiger partial charge in [0.05, 0.1) is 23.0 Å². The number of hydrogen-bond acceptors (Lipinski definition) is 5. The summed E-state index contributed by atoms with van der Waals surface area (Å²) in [7, 11) is 0. The Hall–Kier alpha value is -3.81. The Bertz CT molecular complexity index is 1250. The normalized spacial score (nSPS) is 11.4. The summed E-state index contributed by atoms with van der Waals surface area (Å²) in [5, 5.41) is 12.6. The van der Waals surface area contributed by atoms with Crippen LogP contribution in [0.5, 0.6) is 0 Å². The molecule has 1 N–H and O–H groups in total. The molecule has 4 aromatic rings. The van der Waals surface area contributed by atoms with E-state index in [4.69, 9.17) is 0 Å². The number of carbonyl (C=O) groups is 1. The van der Waals surface area contributed by atoms with E-state index in [1.54, 1.807) is 34.6 Å². The van der Waals surface area contributed by atoms with Crippen molar-refractivity contribution in [1.82, 2.24) is 29.5 Å². The first-order chi connectivity index (χ1) is 14.0. The van der Waals surface area contributed by atoms with Crippen LogP contribution < -0.4 is 5.32 Å². The molecule has 8 heteroatoms. The molecule has 0 fully saturated rings. The molecule has 3 aromatic heterocycles. The van der Waals surface area contributed by atoms with Gasteiger partial charge in [0.1, 0.15) is 12.1 Å². The number of benzene rings is 1. The molecule has 0 atom stereocenters. The van der Waals surface area contributed by atoms with Crippen LogP contribution in [-0.4, -0.2) is 35.4 Å². The summed E-state index contributed by atoms with van der Waals surface area (Å²) in [6.07, 6.45) is 6.34. The lowest BCUT2D eigenvalue weighted by atomic mass is 10.1. The van der Waals surface area contributed by atoms with Crippen LogP contribution in [0.15, 0.2) is 48.9 Å². The van der Waals surface area contributed by atoms with Crippen LogP contribution in [0.3, 0.4) is 0 Å². The number of aryl methyl sites for hydroxylation is 2. The summed E-state index contributed by atoms with van der Waals surface area (Å²) in [6.45, 7) is 7.78. The predicted octanol–water partition coefficient (Wildman–Crippen LogP) is 3.44. The lowest BCUT2D eigenvalue weighted by Gasteiger charge is -2.10. The summed E-state index contributed by atoms with van der Waals surface area (Å²) < 4.78 is 3.41. The van der Waals surface area contributed by atoms with Crippen molar-refractivity contribution in [2.24, 2.45) is 0 Å². The Kier molecular flexibility index (Phi) is 4.67. The van der Waals surface area contributed by atoms with Gasteiger partial charge in [0, 0.05) is 6.07 Å². The number of anilines is 1. The molecular formula is C21H21N7O. The van der Waals surface area contributed by atoms with Crippen molar-refractivity contribution >= 4 is 22.8 Å². The molecule has 0 saturated heterocycles. The highest BCUT2D eigenvalue weighted by Crippen LogP contribution is 2.25. The molecule has 0 radical (unpaired) electrons. The van der Waals surface area contributed by atoms with E-state index in [1.165, 1.54) is 18.0 Å². The maximum absolute atomic E-state index is 12.0. The zero-order valence-electron chi connectivity index (χ0n) is 16.7. The van der Waals surface area contributed by atoms with Crippen molar-refractivity contribution < 1.29 is 4.79 Å². The van der Waals surface area contributed by atoms with E-state index in [2.05, 4.69) is 45.4 Å². The van der Waals surface area contributed by atoms with E-state index < -0.39 is 0 Å². The Morgan fingerprint density at radius 2 is 1.97 bits per heavy atom. The molecule has 0 spiro atoms. The molecule has 0 bridgehead atoms. The SMILES string of the molecule is C/C=C/C(=O)Nc1cc(C)nn1-c1ncnc2c1cnn2-c1cccc(C)c1C. The molecule has 3 heterocycles. The molecule has 8 nitrogen and oxygen atoms in total. The molecule has 1 amide bonds. The van der Waals surface area contributed by atoms with E-state index in [1.807, 2.05) is 19.1 Å². The fourth-order valence-electron chi connectivity index (χ4n) is 3.21. The number of nitrogens with zero attached hydrogens (tertiary/aromatic N) is 6. The lowest BCUT2D eigenvalue weighted by molar-refractivity contribution is -0.111. The number of carbonyl (C=O) groups excluding carboxylic acids is 1. The molecule has 0 unspecified atom stereocenters. The summed E-state index contributed by atoms with van der Waals surface area (Å²) in [5.41, 5.74) is 4.70. The third-order valence-corrected chi connectivity index (χ3v) is 4.75. The van der Waals surface area contributed by atoms with Gasteiger partial charge in [-0.1, -0.05) is 18.2 Å². The van der Waals surface area contributed by atoms with Crippen LogP contribution in [0.4, 0.5) is 5.82 Å². The van der Waals surface area contributed by atoms with E-state index in [9.17, 15) is 4.79 Å². The van der Waals surface area contributed by atoms with E-state index >= 15 is 0 Å². The van der Waals surface area contributed by atoms with Gasteiger partial charge in [0.25, 0.3) is 0 Å². The first-order valence-electron chi connectivity index (χ1n) is 9.25. The van der Waals surface area contributed by atoms with Crippen molar-refractivity contribution in [3.8, 4) is 11.5 Å². The largest absolute Gasteiger partial charge is 0.307 e. The first-order valence-corrected chi connectivity index (χ1v) is 9.25. The summed E-state index contributed by atoms with van der Waals surface area (Å²) in [4.78, 5) is 20.9. The molecule has 4 rings (SSSR count). The molecule has 146 valence electrons. The maximum Gasteiger partial charge on any atom is 0.249 e. The zero-order chi connectivity index (χ0) is 20.5. The minimum atomic E-state index is -0.231. The highest BCUT2D eigenvalue weighted by atomic mass is 16.1. The van der Waals surface area contributed by atoms with Gasteiger partial charge in [0.15, 0.2) is 11.5 Å². The highest BCUT2D eigenvalue weighted by molar-refractivity contribution is 5.99. The topological polar surface area (TPSA) is 90.5 Å². The van der Waals surface area contributed by atoms with Crippen molar-refractivity contribution in [2.45, 2.75) is 27.7 Å². The fourth-order valence-corrected chi connectivity index (χ4v) is 3.21. The van der Waals surface area contributed by atoms with Crippen molar-refractivity contribution in [3.63, 3.8) is 0 Å². The van der Waals surface area contributed by atoms with Gasteiger partial charge in [-0.2, -0.15) is 14.9 Å². The Morgan fingerprint density at radius 1 is 1.14 bits per heavy atom. The molecular weight excluding hydrogens is 366 g/mol. The first kappa shape index (κ1) is 18.5. The Morgan fingerprint density at radius 3 is 2.76 bits per heavy atom. The monoisotopic (exact) mass is 387 g/mol. The molecule has 1 aromatic carbocycles. The Labute approximate surface area is 167 Å². The number of hydrogen-bond donors (Lipinski definition) is 1. The molecule has 0 saturated carbocycles. The quantitative estimate of drug-likeness (QED) is 0.542. The predicted molar refractivity (Wildman–Crippen MR) is 111 cm³/mol. The van der Waals surface area contributed by atoms with Crippen molar-refractivity contribution in [3.05, 3.63) is 65.8 Å². The van der Waals surface area contributed by atoms with E-state index in [-0.39, 0.29) is 5.91 Å². The zero-order valence-corrected chi connectivity index (χ0v) is 16.7. The fraction of sp³-hybridized carbons (Fsp3) is 0.190. The number of amides is 1. The van der Waals surface area contributed by atoms with Crippen molar-refractivity contribution in [2.75, 3.05) is 5.32 Å². The van der Waals surface area contributed by atoms with Crippen LogP contribution in [-0.2, 0) is 4.79 Å². The van der Waals surface area contributed by atoms with Gasteiger partial charge in [-0.05, 0) is 51.0 Å². The molecule has 0 aliphatic rings. The molecule has 0 aliphatic carbocycles. The number of fused-ring (bicyclic) bond motifs is 1. The third-order valence-electron chi connectivity index (χ3n) is 4.75. The minimum Gasteiger partial charge on any atom is -0.307 e. The second-order valence-corrected chi connectivity index (χ2v) is 6.78. The van der Waals surface area contributed by atoms with Gasteiger partial charge in [-0.25, -0.2) is 14.6 Å².